The van der Waals surface area contributed by atoms with Gasteiger partial charge in [0.15, 0.2) is 0 Å². The minimum atomic E-state index is -0.821. The predicted molar refractivity (Wildman–Crippen MR) is 153 cm³/mol. The Morgan fingerprint density at radius 1 is 1.05 bits per heavy atom. The SMILES string of the molecule is CCOc1cccc(CN2C(=O)C(=O)/C(=C(/O)c3cc(C)cc(Cl)c3OC)C2c2ccc(C(C)(C)C)cc2)c1. The number of halogens is 1. The van der Waals surface area contributed by atoms with Crippen LogP contribution >= 0.6 is 11.6 Å². The first-order valence-corrected chi connectivity index (χ1v) is 13.3. The van der Waals surface area contributed by atoms with E-state index in [4.69, 9.17) is 21.1 Å². The lowest BCUT2D eigenvalue weighted by Gasteiger charge is -2.27. The molecule has 204 valence electrons. The lowest BCUT2D eigenvalue weighted by atomic mass is 9.85. The summed E-state index contributed by atoms with van der Waals surface area (Å²) in [4.78, 5) is 28.6. The zero-order chi connectivity index (χ0) is 28.5. The zero-order valence-electron chi connectivity index (χ0n) is 23.2. The highest BCUT2D eigenvalue weighted by Gasteiger charge is 2.46. The van der Waals surface area contributed by atoms with Gasteiger partial charge in [0.2, 0.25) is 0 Å². The molecule has 1 heterocycles. The topological polar surface area (TPSA) is 76.1 Å². The average Bonchev–Trinajstić information content (AvgIpc) is 3.13. The lowest BCUT2D eigenvalue weighted by molar-refractivity contribution is -0.140. The first-order valence-electron chi connectivity index (χ1n) is 12.9. The summed E-state index contributed by atoms with van der Waals surface area (Å²) in [5.41, 5.74) is 3.57. The molecule has 0 spiro atoms. The number of rotatable bonds is 7. The van der Waals surface area contributed by atoms with Crippen LogP contribution in [0.15, 0.2) is 66.2 Å². The summed E-state index contributed by atoms with van der Waals surface area (Å²) in [6.07, 6.45) is 0. The van der Waals surface area contributed by atoms with E-state index in [1.165, 1.54) is 12.0 Å². The summed E-state index contributed by atoms with van der Waals surface area (Å²) in [6.45, 7) is 10.7. The van der Waals surface area contributed by atoms with Crippen molar-refractivity contribution in [1.29, 1.82) is 0 Å². The largest absolute Gasteiger partial charge is 0.507 e. The van der Waals surface area contributed by atoms with Gasteiger partial charge in [-0.15, -0.1) is 0 Å². The maximum absolute atomic E-state index is 13.6. The number of aliphatic hydroxyl groups excluding tert-OH is 1. The Balaban J connectivity index is 1.90. The molecule has 1 unspecified atom stereocenters. The van der Waals surface area contributed by atoms with Crippen LogP contribution in [0.5, 0.6) is 11.5 Å². The van der Waals surface area contributed by atoms with Crippen LogP contribution < -0.4 is 9.47 Å². The zero-order valence-corrected chi connectivity index (χ0v) is 23.9. The fourth-order valence-electron chi connectivity index (χ4n) is 4.91. The third-order valence-electron chi connectivity index (χ3n) is 6.84. The maximum atomic E-state index is 13.6. The van der Waals surface area contributed by atoms with Crippen molar-refractivity contribution in [3.63, 3.8) is 0 Å². The van der Waals surface area contributed by atoms with Crippen LogP contribution in [0.25, 0.3) is 5.76 Å². The molecular formula is C32H34ClNO5. The summed E-state index contributed by atoms with van der Waals surface area (Å²) in [6, 6.07) is 17.8. The van der Waals surface area contributed by atoms with Crippen molar-refractivity contribution < 1.29 is 24.2 Å². The number of ketones is 1. The molecule has 4 rings (SSSR count). The quantitative estimate of drug-likeness (QED) is 0.196. The Kier molecular flexibility index (Phi) is 8.07. The van der Waals surface area contributed by atoms with Crippen molar-refractivity contribution >= 4 is 29.1 Å². The molecule has 0 radical (unpaired) electrons. The maximum Gasteiger partial charge on any atom is 0.295 e. The van der Waals surface area contributed by atoms with Gasteiger partial charge in [0.05, 0.1) is 35.9 Å². The monoisotopic (exact) mass is 547 g/mol. The van der Waals surface area contributed by atoms with Gasteiger partial charge in [-0.05, 0) is 65.8 Å². The number of hydrogen-bond acceptors (Lipinski definition) is 5. The number of hydrogen-bond donors (Lipinski definition) is 1. The van der Waals surface area contributed by atoms with Gasteiger partial charge in [-0.3, -0.25) is 9.59 Å². The molecule has 0 bridgehead atoms. The van der Waals surface area contributed by atoms with E-state index in [2.05, 4.69) is 20.8 Å². The molecule has 0 aromatic heterocycles. The Hall–Kier alpha value is -3.77. The molecule has 6 nitrogen and oxygen atoms in total. The lowest BCUT2D eigenvalue weighted by Crippen LogP contribution is -2.29. The Labute approximate surface area is 234 Å². The molecule has 1 aliphatic rings. The van der Waals surface area contributed by atoms with Crippen LogP contribution in [0.3, 0.4) is 0 Å². The van der Waals surface area contributed by atoms with Crippen LogP contribution in [0.4, 0.5) is 0 Å². The first-order chi connectivity index (χ1) is 18.5. The van der Waals surface area contributed by atoms with Crippen molar-refractivity contribution in [1.82, 2.24) is 4.90 Å². The predicted octanol–water partition coefficient (Wildman–Crippen LogP) is 6.98. The Bertz CT molecular complexity index is 1440. The molecule has 1 amide bonds. The summed E-state index contributed by atoms with van der Waals surface area (Å²) >= 11 is 6.41. The highest BCUT2D eigenvalue weighted by Crippen LogP contribution is 2.43. The Morgan fingerprint density at radius 2 is 1.74 bits per heavy atom. The summed E-state index contributed by atoms with van der Waals surface area (Å²) in [5.74, 6) is -0.876. The Morgan fingerprint density at radius 3 is 2.36 bits per heavy atom. The highest BCUT2D eigenvalue weighted by molar-refractivity contribution is 6.46. The summed E-state index contributed by atoms with van der Waals surface area (Å²) in [5, 5.41) is 11.9. The number of methoxy groups -OCH3 is 1. The van der Waals surface area contributed by atoms with E-state index in [0.717, 1.165) is 16.7 Å². The number of aliphatic hydroxyl groups is 1. The molecule has 3 aromatic rings. The number of amides is 1. The smallest absolute Gasteiger partial charge is 0.295 e. The molecule has 39 heavy (non-hydrogen) atoms. The average molecular weight is 548 g/mol. The van der Waals surface area contributed by atoms with E-state index in [1.807, 2.05) is 62.4 Å². The molecule has 0 aliphatic carbocycles. The van der Waals surface area contributed by atoms with Crippen molar-refractivity contribution in [3.05, 3.63) is 99.1 Å². The minimum Gasteiger partial charge on any atom is -0.507 e. The number of benzene rings is 3. The molecule has 1 aliphatic heterocycles. The van der Waals surface area contributed by atoms with Gasteiger partial charge in [0.1, 0.15) is 17.3 Å². The van der Waals surface area contributed by atoms with Gasteiger partial charge in [-0.1, -0.05) is 68.8 Å². The normalized spacial score (nSPS) is 17.0. The third-order valence-corrected chi connectivity index (χ3v) is 7.12. The summed E-state index contributed by atoms with van der Waals surface area (Å²) in [7, 11) is 1.44. The second-order valence-corrected chi connectivity index (χ2v) is 11.1. The fourth-order valence-corrected chi connectivity index (χ4v) is 5.26. The molecular weight excluding hydrogens is 514 g/mol. The number of nitrogens with zero attached hydrogens (tertiary/aromatic N) is 1. The standard InChI is InChI=1S/C32H34ClNO5/c1-7-39-23-10-8-9-20(17-23)18-34-27(21-11-13-22(14-12-21)32(3,4)5)26(29(36)31(34)37)28(35)24-15-19(2)16-25(33)30(24)38-6/h8-17,27,35H,7,18H2,1-6H3/b28-26+. The van der Waals surface area contributed by atoms with Gasteiger partial charge >= 0.3 is 0 Å². The van der Waals surface area contributed by atoms with Crippen molar-refractivity contribution in [3.8, 4) is 11.5 Å². The molecule has 1 N–H and O–H groups in total. The van der Waals surface area contributed by atoms with Crippen molar-refractivity contribution in [2.75, 3.05) is 13.7 Å². The molecule has 3 aromatic carbocycles. The number of likely N-dealkylation sites (tertiary alicyclic amines) is 1. The first kappa shape index (κ1) is 28.2. The van der Waals surface area contributed by atoms with Gasteiger partial charge in [0.25, 0.3) is 11.7 Å². The molecule has 0 saturated carbocycles. The van der Waals surface area contributed by atoms with E-state index < -0.39 is 17.7 Å². The van der Waals surface area contributed by atoms with E-state index in [1.54, 1.807) is 12.1 Å². The van der Waals surface area contributed by atoms with E-state index in [9.17, 15) is 14.7 Å². The van der Waals surface area contributed by atoms with Gasteiger partial charge in [0, 0.05) is 6.54 Å². The van der Waals surface area contributed by atoms with Crippen molar-refractivity contribution in [2.45, 2.75) is 52.6 Å². The second-order valence-electron chi connectivity index (χ2n) is 10.7. The second kappa shape index (κ2) is 11.1. The summed E-state index contributed by atoms with van der Waals surface area (Å²) < 4.78 is 11.1. The number of carbonyl (C=O) groups is 2. The molecule has 7 heteroatoms. The number of ether oxygens (including phenoxy) is 2. The molecule has 1 fully saturated rings. The van der Waals surface area contributed by atoms with Crippen LogP contribution in [-0.4, -0.2) is 35.4 Å². The van der Waals surface area contributed by atoms with E-state index in [-0.39, 0.29) is 34.6 Å². The van der Waals surface area contributed by atoms with Crippen LogP contribution in [0, 0.1) is 6.92 Å². The minimum absolute atomic E-state index is 0.00978. The van der Waals surface area contributed by atoms with E-state index in [0.29, 0.717) is 22.9 Å². The number of aryl methyl sites for hydroxylation is 1. The third kappa shape index (κ3) is 5.66. The number of carbonyl (C=O) groups excluding carboxylic acids is 2. The number of Topliss-reactive ketones (excluding diaryl/α,β-unsaturated/α-hetero) is 1. The van der Waals surface area contributed by atoms with Crippen LogP contribution in [-0.2, 0) is 21.5 Å². The fraction of sp³-hybridized carbons (Fsp3) is 0.312. The van der Waals surface area contributed by atoms with Gasteiger partial charge in [-0.2, -0.15) is 0 Å². The van der Waals surface area contributed by atoms with Crippen molar-refractivity contribution in [2.24, 2.45) is 0 Å². The molecule has 1 saturated heterocycles. The van der Waals surface area contributed by atoms with Crippen LogP contribution in [0.1, 0.15) is 61.6 Å². The van der Waals surface area contributed by atoms with E-state index >= 15 is 0 Å². The van der Waals surface area contributed by atoms with Crippen LogP contribution in [0.2, 0.25) is 5.02 Å². The molecule has 1 atom stereocenters. The van der Waals surface area contributed by atoms with Gasteiger partial charge < -0.3 is 19.5 Å². The highest BCUT2D eigenvalue weighted by atomic mass is 35.5. The van der Waals surface area contributed by atoms with Gasteiger partial charge in [-0.25, -0.2) is 0 Å².